The Balaban J connectivity index is 2.73. The van der Waals surface area contributed by atoms with Crippen molar-refractivity contribution in [3.63, 3.8) is 0 Å². The Kier molecular flexibility index (Phi) is 4.71. The summed E-state index contributed by atoms with van der Waals surface area (Å²) < 4.78 is 13.3. The number of nitrogens with one attached hydrogen (secondary N) is 1. The van der Waals surface area contributed by atoms with Gasteiger partial charge in [0.25, 0.3) is 5.91 Å². The molecule has 2 N–H and O–H groups in total. The molecule has 0 fully saturated rings. The number of benzene rings is 1. The first kappa shape index (κ1) is 12.9. The van der Waals surface area contributed by atoms with Gasteiger partial charge >= 0.3 is 0 Å². The van der Waals surface area contributed by atoms with E-state index in [1.165, 1.54) is 18.2 Å². The Bertz CT molecular complexity index is 364. The zero-order valence-electron chi connectivity index (χ0n) is 8.84. The Hall–Kier alpha value is -1.13. The highest BCUT2D eigenvalue weighted by molar-refractivity contribution is 6.33. The van der Waals surface area contributed by atoms with Crippen LogP contribution in [0.3, 0.4) is 0 Å². The molecule has 0 spiro atoms. The van der Waals surface area contributed by atoms with E-state index < -0.39 is 11.7 Å². The van der Waals surface area contributed by atoms with Crippen molar-refractivity contribution in [1.29, 1.82) is 0 Å². The molecule has 0 radical (unpaired) electrons. The number of rotatable bonds is 4. The molecule has 5 heteroatoms. The lowest BCUT2D eigenvalue weighted by atomic mass is 10.1. The van der Waals surface area contributed by atoms with Gasteiger partial charge in [0.05, 0.1) is 10.6 Å². The molecule has 1 aromatic rings. The summed E-state index contributed by atoms with van der Waals surface area (Å²) in [4.78, 5) is 11.6. The molecular weight excluding hydrogens is 233 g/mol. The van der Waals surface area contributed by atoms with Crippen LogP contribution in [-0.4, -0.2) is 24.2 Å². The number of halogens is 2. The molecule has 0 bridgehead atoms. The maximum Gasteiger partial charge on any atom is 0.255 e. The van der Waals surface area contributed by atoms with Crippen molar-refractivity contribution in [2.24, 2.45) is 5.92 Å². The van der Waals surface area contributed by atoms with Crippen LogP contribution < -0.4 is 5.32 Å². The van der Waals surface area contributed by atoms with Crippen molar-refractivity contribution in [3.8, 4) is 0 Å². The van der Waals surface area contributed by atoms with Gasteiger partial charge in [-0.2, -0.15) is 0 Å². The molecule has 0 aliphatic carbocycles. The van der Waals surface area contributed by atoms with E-state index in [0.29, 0.717) is 0 Å². The number of amides is 1. The van der Waals surface area contributed by atoms with Gasteiger partial charge in [-0.3, -0.25) is 4.79 Å². The molecule has 1 amide bonds. The summed E-state index contributed by atoms with van der Waals surface area (Å²) in [6, 6.07) is 4.07. The van der Waals surface area contributed by atoms with Crippen LogP contribution >= 0.6 is 11.6 Å². The molecule has 88 valence electrons. The minimum Gasteiger partial charge on any atom is -0.396 e. The minimum absolute atomic E-state index is 0.0364. The predicted molar refractivity (Wildman–Crippen MR) is 60.0 cm³/mol. The van der Waals surface area contributed by atoms with Gasteiger partial charge < -0.3 is 10.4 Å². The second kappa shape index (κ2) is 5.82. The van der Waals surface area contributed by atoms with Crippen LogP contribution in [0.4, 0.5) is 4.39 Å². The third kappa shape index (κ3) is 3.18. The topological polar surface area (TPSA) is 49.3 Å². The van der Waals surface area contributed by atoms with Gasteiger partial charge in [0.15, 0.2) is 0 Å². The SMILES string of the molecule is CC(CO)CNC(=O)c1c(F)cccc1Cl. The average Bonchev–Trinajstić information content (AvgIpc) is 2.25. The molecule has 1 unspecified atom stereocenters. The number of carbonyl (C=O) groups is 1. The number of hydrogen-bond acceptors (Lipinski definition) is 2. The van der Waals surface area contributed by atoms with E-state index in [1.807, 2.05) is 0 Å². The monoisotopic (exact) mass is 245 g/mol. The van der Waals surface area contributed by atoms with Gasteiger partial charge in [-0.15, -0.1) is 0 Å². The summed E-state index contributed by atoms with van der Waals surface area (Å²) in [6.07, 6.45) is 0. The minimum atomic E-state index is -0.651. The van der Waals surface area contributed by atoms with Gasteiger partial charge in [0, 0.05) is 13.2 Å². The fourth-order valence-electron chi connectivity index (χ4n) is 1.13. The molecule has 1 atom stereocenters. The summed E-state index contributed by atoms with van der Waals surface area (Å²) in [7, 11) is 0. The molecule has 0 aliphatic rings. The molecule has 0 aliphatic heterocycles. The van der Waals surface area contributed by atoms with Crippen molar-refractivity contribution in [1.82, 2.24) is 5.32 Å². The van der Waals surface area contributed by atoms with Crippen molar-refractivity contribution >= 4 is 17.5 Å². The highest BCUT2D eigenvalue weighted by Gasteiger charge is 2.15. The van der Waals surface area contributed by atoms with Crippen LogP contribution in [-0.2, 0) is 0 Å². The van der Waals surface area contributed by atoms with E-state index in [4.69, 9.17) is 16.7 Å². The molecule has 16 heavy (non-hydrogen) atoms. The molecule has 1 rings (SSSR count). The van der Waals surface area contributed by atoms with E-state index in [2.05, 4.69) is 5.32 Å². The lowest BCUT2D eigenvalue weighted by Crippen LogP contribution is -2.30. The Morgan fingerprint density at radius 2 is 2.31 bits per heavy atom. The maximum atomic E-state index is 13.3. The van der Waals surface area contributed by atoms with Crippen molar-refractivity contribution in [2.75, 3.05) is 13.2 Å². The Labute approximate surface area is 98.2 Å². The standard InChI is InChI=1S/C11H13ClFNO2/c1-7(6-15)5-14-11(16)10-8(12)3-2-4-9(10)13/h2-4,7,15H,5-6H2,1H3,(H,14,16). The van der Waals surface area contributed by atoms with E-state index in [1.54, 1.807) is 6.92 Å². The second-order valence-electron chi connectivity index (χ2n) is 3.59. The van der Waals surface area contributed by atoms with Crippen LogP contribution in [0.5, 0.6) is 0 Å². The van der Waals surface area contributed by atoms with E-state index in [0.717, 1.165) is 0 Å². The van der Waals surface area contributed by atoms with Crippen molar-refractivity contribution < 1.29 is 14.3 Å². The van der Waals surface area contributed by atoms with Crippen LogP contribution in [0, 0.1) is 11.7 Å². The summed E-state index contributed by atoms with van der Waals surface area (Å²) >= 11 is 5.72. The normalized spacial score (nSPS) is 12.2. The molecule has 1 aromatic carbocycles. The molecule has 0 aromatic heterocycles. The summed E-state index contributed by atoms with van der Waals surface area (Å²) in [5.74, 6) is -1.29. The number of hydrogen-bond donors (Lipinski definition) is 2. The van der Waals surface area contributed by atoms with Crippen LogP contribution in [0.25, 0.3) is 0 Å². The molecule has 0 saturated carbocycles. The zero-order chi connectivity index (χ0) is 12.1. The van der Waals surface area contributed by atoms with Gasteiger partial charge in [0.1, 0.15) is 5.82 Å². The van der Waals surface area contributed by atoms with E-state index in [-0.39, 0.29) is 29.7 Å². The largest absolute Gasteiger partial charge is 0.396 e. The van der Waals surface area contributed by atoms with Crippen LogP contribution in [0.15, 0.2) is 18.2 Å². The number of aliphatic hydroxyl groups is 1. The number of aliphatic hydroxyl groups excluding tert-OH is 1. The summed E-state index contributed by atoms with van der Waals surface area (Å²) in [6.45, 7) is 2.01. The molecule has 0 heterocycles. The van der Waals surface area contributed by atoms with E-state index >= 15 is 0 Å². The fourth-order valence-corrected chi connectivity index (χ4v) is 1.38. The fraction of sp³-hybridized carbons (Fsp3) is 0.364. The van der Waals surface area contributed by atoms with Crippen molar-refractivity contribution in [2.45, 2.75) is 6.92 Å². The van der Waals surface area contributed by atoms with Crippen molar-refractivity contribution in [3.05, 3.63) is 34.6 Å². The molecule has 0 saturated heterocycles. The average molecular weight is 246 g/mol. The van der Waals surface area contributed by atoms with Gasteiger partial charge in [0.2, 0.25) is 0 Å². The molecular formula is C11H13ClFNO2. The first-order valence-corrected chi connectivity index (χ1v) is 5.27. The summed E-state index contributed by atoms with van der Waals surface area (Å²) in [5, 5.41) is 11.4. The van der Waals surface area contributed by atoms with E-state index in [9.17, 15) is 9.18 Å². The molecule has 3 nitrogen and oxygen atoms in total. The smallest absolute Gasteiger partial charge is 0.255 e. The second-order valence-corrected chi connectivity index (χ2v) is 4.00. The van der Waals surface area contributed by atoms with Gasteiger partial charge in [-0.1, -0.05) is 24.6 Å². The number of carbonyl (C=O) groups excluding carboxylic acids is 1. The quantitative estimate of drug-likeness (QED) is 0.850. The highest BCUT2D eigenvalue weighted by atomic mass is 35.5. The third-order valence-electron chi connectivity index (χ3n) is 2.11. The lowest BCUT2D eigenvalue weighted by molar-refractivity contribution is 0.0938. The lowest BCUT2D eigenvalue weighted by Gasteiger charge is -2.10. The predicted octanol–water partition coefficient (Wildman–Crippen LogP) is 1.84. The van der Waals surface area contributed by atoms with Gasteiger partial charge in [-0.25, -0.2) is 4.39 Å². The van der Waals surface area contributed by atoms with Crippen LogP contribution in [0.1, 0.15) is 17.3 Å². The maximum absolute atomic E-state index is 13.3. The van der Waals surface area contributed by atoms with Crippen LogP contribution in [0.2, 0.25) is 5.02 Å². The van der Waals surface area contributed by atoms with Gasteiger partial charge in [-0.05, 0) is 18.1 Å². The highest BCUT2D eigenvalue weighted by Crippen LogP contribution is 2.18. The first-order valence-electron chi connectivity index (χ1n) is 4.89. The zero-order valence-corrected chi connectivity index (χ0v) is 9.59. The first-order chi connectivity index (χ1) is 7.56. The third-order valence-corrected chi connectivity index (χ3v) is 2.43. The Morgan fingerprint density at radius 3 is 2.88 bits per heavy atom. The summed E-state index contributed by atoms with van der Waals surface area (Å²) in [5.41, 5.74) is -0.158. The Morgan fingerprint density at radius 1 is 1.62 bits per heavy atom.